The van der Waals surface area contributed by atoms with Gasteiger partial charge in [-0.15, -0.1) is 0 Å². The molecule has 2 aromatic carbocycles. The maximum Gasteiger partial charge on any atom is 0.145 e. The van der Waals surface area contributed by atoms with Crippen molar-refractivity contribution < 1.29 is 9.47 Å². The Morgan fingerprint density at radius 2 is 1.88 bits per heavy atom. The zero-order valence-electron chi connectivity index (χ0n) is 19.4. The first kappa shape index (κ1) is 23.3. The summed E-state index contributed by atoms with van der Waals surface area (Å²) in [6.07, 6.45) is 1.77. The molecule has 2 heterocycles. The average Bonchev–Trinajstić information content (AvgIpc) is 3.23. The molecule has 4 rings (SSSR count). The Hall–Kier alpha value is -2.90. The number of rotatable bonds is 9. The predicted molar refractivity (Wildman–Crippen MR) is 137 cm³/mol. The molecule has 4 aromatic rings. The molecule has 6 nitrogen and oxygen atoms in total. The van der Waals surface area contributed by atoms with Gasteiger partial charge in [0, 0.05) is 32.0 Å². The number of nitrogens with one attached hydrogen (secondary N) is 1. The van der Waals surface area contributed by atoms with Crippen molar-refractivity contribution in [3.63, 3.8) is 0 Å². The molecule has 2 aromatic heterocycles. The second kappa shape index (κ2) is 10.4. The monoisotopic (exact) mass is 508 g/mol. The van der Waals surface area contributed by atoms with Crippen LogP contribution in [0.25, 0.3) is 22.4 Å². The van der Waals surface area contributed by atoms with E-state index in [2.05, 4.69) is 75.0 Å². The minimum absolute atomic E-state index is 0.481. The summed E-state index contributed by atoms with van der Waals surface area (Å²) in [5.74, 6) is 2.97. The number of methoxy groups -OCH3 is 2. The van der Waals surface area contributed by atoms with E-state index in [4.69, 9.17) is 14.5 Å². The Morgan fingerprint density at radius 3 is 2.52 bits per heavy atom. The number of hydrogen-bond acceptors (Lipinski definition) is 5. The molecule has 0 bridgehead atoms. The Morgan fingerprint density at radius 1 is 1.09 bits per heavy atom. The number of hydrogen-bond donors (Lipinski definition) is 1. The van der Waals surface area contributed by atoms with E-state index in [0.717, 1.165) is 44.0 Å². The molecule has 0 fully saturated rings. The molecule has 33 heavy (non-hydrogen) atoms. The lowest BCUT2D eigenvalue weighted by Gasteiger charge is -2.14. The van der Waals surface area contributed by atoms with E-state index in [-0.39, 0.29) is 0 Å². The molecule has 0 aliphatic heterocycles. The molecule has 0 saturated carbocycles. The van der Waals surface area contributed by atoms with Gasteiger partial charge in [-0.25, -0.2) is 9.97 Å². The normalized spacial score (nSPS) is 11.3. The zero-order valence-corrected chi connectivity index (χ0v) is 21.0. The van der Waals surface area contributed by atoms with E-state index in [9.17, 15) is 0 Å². The van der Waals surface area contributed by atoms with Crippen LogP contribution in [0.1, 0.15) is 30.9 Å². The van der Waals surface area contributed by atoms with Crippen LogP contribution in [0.15, 0.2) is 59.2 Å². The van der Waals surface area contributed by atoms with Crippen LogP contribution < -0.4 is 10.1 Å². The number of benzene rings is 2. The molecule has 0 aliphatic carbocycles. The Labute approximate surface area is 203 Å². The first-order valence-corrected chi connectivity index (χ1v) is 11.8. The minimum Gasteiger partial charge on any atom is -0.494 e. The van der Waals surface area contributed by atoms with Crippen molar-refractivity contribution in [1.82, 2.24) is 14.5 Å². The van der Waals surface area contributed by atoms with Crippen LogP contribution >= 0.6 is 15.9 Å². The topological polar surface area (TPSA) is 61.2 Å². The van der Waals surface area contributed by atoms with Gasteiger partial charge in [0.2, 0.25) is 0 Å². The van der Waals surface area contributed by atoms with Gasteiger partial charge in [0.15, 0.2) is 0 Å². The molecule has 0 amide bonds. The van der Waals surface area contributed by atoms with Gasteiger partial charge in [-0.2, -0.15) is 0 Å². The highest BCUT2D eigenvalue weighted by Gasteiger charge is 2.21. The third-order valence-electron chi connectivity index (χ3n) is 5.70. The molecule has 172 valence electrons. The fourth-order valence-electron chi connectivity index (χ4n) is 3.87. The summed E-state index contributed by atoms with van der Waals surface area (Å²) in [6.45, 7) is 6.23. The maximum absolute atomic E-state index is 5.83. The summed E-state index contributed by atoms with van der Waals surface area (Å²) in [5.41, 5.74) is 5.23. The van der Waals surface area contributed by atoms with E-state index < -0.39 is 0 Å². The number of aromatic nitrogens is 3. The number of ether oxygens (including phenoxy) is 2. The minimum atomic E-state index is 0.481. The van der Waals surface area contributed by atoms with E-state index in [1.54, 1.807) is 20.4 Å². The molecule has 0 radical (unpaired) electrons. The Bertz CT molecular complexity index is 1220. The van der Waals surface area contributed by atoms with Crippen LogP contribution in [0.4, 0.5) is 5.82 Å². The summed E-state index contributed by atoms with van der Waals surface area (Å²) in [7, 11) is 3.41. The maximum atomic E-state index is 5.83. The van der Waals surface area contributed by atoms with E-state index in [1.807, 2.05) is 18.2 Å². The van der Waals surface area contributed by atoms with E-state index in [0.29, 0.717) is 25.6 Å². The quantitative estimate of drug-likeness (QED) is 0.289. The fourth-order valence-corrected chi connectivity index (χ4v) is 4.40. The third kappa shape index (κ3) is 4.89. The van der Waals surface area contributed by atoms with Gasteiger partial charge < -0.3 is 19.4 Å². The standard InChI is InChI=1S/C26H29BrN4O2/c1-17(2)18-8-10-19(11-9-18)26-30-24-23(27)20(16-29-22-7-5-6-12-28-22)15-21(33-4)25(24)31(26)13-14-32-3/h5-12,15,17H,13-14,16H2,1-4H3,(H,28,29). The van der Waals surface area contributed by atoms with Gasteiger partial charge in [-0.05, 0) is 51.2 Å². The number of pyridine rings is 1. The lowest BCUT2D eigenvalue weighted by molar-refractivity contribution is 0.188. The molecule has 0 unspecified atom stereocenters. The van der Waals surface area contributed by atoms with E-state index >= 15 is 0 Å². The molecule has 0 atom stereocenters. The first-order valence-electron chi connectivity index (χ1n) is 11.0. The summed E-state index contributed by atoms with van der Waals surface area (Å²) < 4.78 is 14.4. The van der Waals surface area contributed by atoms with Crippen molar-refractivity contribution in [2.24, 2.45) is 0 Å². The SMILES string of the molecule is COCCn1c(-c2ccc(C(C)C)cc2)nc2c(Br)c(CNc3ccccn3)cc(OC)c21. The van der Waals surface area contributed by atoms with Gasteiger partial charge in [0.05, 0.1) is 18.2 Å². The average molecular weight is 509 g/mol. The summed E-state index contributed by atoms with van der Waals surface area (Å²) >= 11 is 3.81. The molecule has 7 heteroatoms. The lowest BCUT2D eigenvalue weighted by atomic mass is 10.0. The van der Waals surface area contributed by atoms with Crippen LogP contribution in [0.2, 0.25) is 0 Å². The summed E-state index contributed by atoms with van der Waals surface area (Å²) in [4.78, 5) is 9.42. The Kier molecular flexibility index (Phi) is 7.30. The van der Waals surface area contributed by atoms with Crippen LogP contribution in [-0.4, -0.2) is 35.4 Å². The Balaban J connectivity index is 1.81. The van der Waals surface area contributed by atoms with Crippen molar-refractivity contribution in [3.05, 3.63) is 70.3 Å². The summed E-state index contributed by atoms with van der Waals surface area (Å²) in [6, 6.07) is 16.5. The van der Waals surface area contributed by atoms with E-state index in [1.165, 1.54) is 5.56 Å². The second-order valence-electron chi connectivity index (χ2n) is 8.17. The van der Waals surface area contributed by atoms with Crippen molar-refractivity contribution in [3.8, 4) is 17.1 Å². The number of imidazole rings is 1. The zero-order chi connectivity index (χ0) is 23.4. The highest BCUT2D eigenvalue weighted by atomic mass is 79.9. The second-order valence-corrected chi connectivity index (χ2v) is 8.97. The first-order chi connectivity index (χ1) is 16.0. The van der Waals surface area contributed by atoms with Crippen molar-refractivity contribution in [1.29, 1.82) is 0 Å². The van der Waals surface area contributed by atoms with Crippen molar-refractivity contribution in [2.45, 2.75) is 32.9 Å². The van der Waals surface area contributed by atoms with Gasteiger partial charge in [0.25, 0.3) is 0 Å². The number of anilines is 1. The van der Waals surface area contributed by atoms with Gasteiger partial charge >= 0.3 is 0 Å². The molecule has 0 saturated heterocycles. The number of fused-ring (bicyclic) bond motifs is 1. The van der Waals surface area contributed by atoms with Crippen LogP contribution in [-0.2, 0) is 17.8 Å². The number of halogens is 1. The van der Waals surface area contributed by atoms with Crippen molar-refractivity contribution in [2.75, 3.05) is 26.1 Å². The van der Waals surface area contributed by atoms with Gasteiger partial charge in [0.1, 0.15) is 28.4 Å². The predicted octanol–water partition coefficient (Wildman–Crippen LogP) is 6.25. The van der Waals surface area contributed by atoms with Crippen LogP contribution in [0, 0.1) is 0 Å². The lowest BCUT2D eigenvalue weighted by Crippen LogP contribution is -2.07. The smallest absolute Gasteiger partial charge is 0.145 e. The number of nitrogens with zero attached hydrogens (tertiary/aromatic N) is 3. The van der Waals surface area contributed by atoms with Crippen molar-refractivity contribution >= 4 is 32.8 Å². The largest absolute Gasteiger partial charge is 0.494 e. The summed E-state index contributed by atoms with van der Waals surface area (Å²) in [5, 5.41) is 3.37. The van der Waals surface area contributed by atoms with Gasteiger partial charge in [-0.1, -0.05) is 44.2 Å². The van der Waals surface area contributed by atoms with Gasteiger partial charge in [-0.3, -0.25) is 0 Å². The van der Waals surface area contributed by atoms with Crippen LogP contribution in [0.5, 0.6) is 5.75 Å². The molecule has 1 N–H and O–H groups in total. The van der Waals surface area contributed by atoms with Crippen LogP contribution in [0.3, 0.4) is 0 Å². The highest BCUT2D eigenvalue weighted by Crippen LogP contribution is 2.38. The highest BCUT2D eigenvalue weighted by molar-refractivity contribution is 9.10. The molecular formula is C26H29BrN4O2. The third-order valence-corrected chi connectivity index (χ3v) is 6.58. The molecular weight excluding hydrogens is 480 g/mol. The molecule has 0 spiro atoms. The molecule has 0 aliphatic rings. The fraction of sp³-hybridized carbons (Fsp3) is 0.308.